The van der Waals surface area contributed by atoms with Gasteiger partial charge in [-0.3, -0.25) is 4.79 Å². The molecule has 2 nitrogen and oxygen atoms in total. The van der Waals surface area contributed by atoms with Crippen LogP contribution in [0.5, 0.6) is 5.75 Å². The highest BCUT2D eigenvalue weighted by Gasteiger charge is 2.20. The molecule has 0 fully saturated rings. The summed E-state index contributed by atoms with van der Waals surface area (Å²) in [5, 5.41) is 0.531. The van der Waals surface area contributed by atoms with Gasteiger partial charge < -0.3 is 4.74 Å². The number of hydrogen-bond donors (Lipinski definition) is 0. The summed E-state index contributed by atoms with van der Waals surface area (Å²) in [6.07, 6.45) is 0.451. The molecule has 1 heterocycles. The van der Waals surface area contributed by atoms with Gasteiger partial charge in [0, 0.05) is 6.42 Å². The summed E-state index contributed by atoms with van der Waals surface area (Å²) in [6, 6.07) is 3.63. The van der Waals surface area contributed by atoms with Gasteiger partial charge in [0.15, 0.2) is 5.78 Å². The van der Waals surface area contributed by atoms with E-state index in [2.05, 4.69) is 0 Å². The second-order valence-electron chi connectivity index (χ2n) is 3.15. The Labute approximate surface area is 81.5 Å². The maximum Gasteiger partial charge on any atom is 0.170 e. The number of Topliss-reactive ketones (excluding diaryl/α,β-unsaturated/α-hetero) is 1. The normalized spacial score (nSPS) is 15.1. The van der Waals surface area contributed by atoms with Crippen molar-refractivity contribution in [3.63, 3.8) is 0 Å². The summed E-state index contributed by atoms with van der Waals surface area (Å²) in [7, 11) is 0. The van der Waals surface area contributed by atoms with Gasteiger partial charge in [-0.15, -0.1) is 0 Å². The fourth-order valence-electron chi connectivity index (χ4n) is 1.46. The lowest BCUT2D eigenvalue weighted by molar-refractivity contribution is 0.0933. The van der Waals surface area contributed by atoms with Crippen LogP contribution in [0.4, 0.5) is 0 Å². The number of aryl methyl sites for hydroxylation is 1. The van der Waals surface area contributed by atoms with Gasteiger partial charge in [-0.25, -0.2) is 0 Å². The molecule has 0 atom stereocenters. The average Bonchev–Trinajstić information content (AvgIpc) is 2.07. The van der Waals surface area contributed by atoms with Crippen molar-refractivity contribution in [2.45, 2.75) is 13.3 Å². The van der Waals surface area contributed by atoms with E-state index < -0.39 is 0 Å². The largest absolute Gasteiger partial charge is 0.491 e. The zero-order chi connectivity index (χ0) is 9.42. The van der Waals surface area contributed by atoms with Crippen LogP contribution in [0.15, 0.2) is 12.1 Å². The molecule has 2 rings (SSSR count). The highest BCUT2D eigenvalue weighted by Crippen LogP contribution is 2.33. The van der Waals surface area contributed by atoms with Crippen LogP contribution in [0.2, 0.25) is 5.02 Å². The topological polar surface area (TPSA) is 26.3 Å². The van der Waals surface area contributed by atoms with Gasteiger partial charge in [0.2, 0.25) is 0 Å². The van der Waals surface area contributed by atoms with Gasteiger partial charge in [-0.2, -0.15) is 0 Å². The number of hydrogen-bond acceptors (Lipinski definition) is 2. The molecule has 0 aromatic heterocycles. The first-order chi connectivity index (χ1) is 6.18. The summed E-state index contributed by atoms with van der Waals surface area (Å²) in [5.74, 6) is 0.662. The van der Waals surface area contributed by atoms with Crippen molar-refractivity contribution in [1.29, 1.82) is 0 Å². The number of ketones is 1. The fourth-order valence-corrected chi connectivity index (χ4v) is 1.79. The fraction of sp³-hybridized carbons (Fsp3) is 0.300. The van der Waals surface area contributed by atoms with Crippen LogP contribution in [-0.4, -0.2) is 12.4 Å². The van der Waals surface area contributed by atoms with Crippen LogP contribution in [0.25, 0.3) is 0 Å². The van der Waals surface area contributed by atoms with E-state index in [4.69, 9.17) is 16.3 Å². The van der Waals surface area contributed by atoms with Gasteiger partial charge in [-0.1, -0.05) is 11.6 Å². The predicted octanol–water partition coefficient (Wildman–Crippen LogP) is 2.61. The lowest BCUT2D eigenvalue weighted by Crippen LogP contribution is -2.15. The molecular formula is C10H9ClO2. The summed E-state index contributed by atoms with van der Waals surface area (Å²) < 4.78 is 5.33. The third-order valence-corrected chi connectivity index (χ3v) is 2.34. The monoisotopic (exact) mass is 196 g/mol. The molecule has 1 aliphatic rings. The third-order valence-electron chi connectivity index (χ3n) is 2.06. The number of carbonyl (C=O) groups is 1. The Hall–Kier alpha value is -1.02. The van der Waals surface area contributed by atoms with Crippen molar-refractivity contribution < 1.29 is 9.53 Å². The van der Waals surface area contributed by atoms with E-state index in [0.717, 1.165) is 5.56 Å². The molecule has 68 valence electrons. The minimum Gasteiger partial charge on any atom is -0.491 e. The van der Waals surface area contributed by atoms with Gasteiger partial charge in [0.1, 0.15) is 5.75 Å². The second kappa shape index (κ2) is 3.04. The lowest BCUT2D eigenvalue weighted by atomic mass is 10.0. The summed E-state index contributed by atoms with van der Waals surface area (Å²) in [5.41, 5.74) is 1.61. The predicted molar refractivity (Wildman–Crippen MR) is 50.6 cm³/mol. The molecule has 0 aliphatic carbocycles. The molecule has 0 saturated carbocycles. The Morgan fingerprint density at radius 3 is 3.00 bits per heavy atom. The highest BCUT2D eigenvalue weighted by molar-refractivity contribution is 6.32. The Morgan fingerprint density at radius 2 is 2.23 bits per heavy atom. The van der Waals surface area contributed by atoms with Crippen molar-refractivity contribution in [3.05, 3.63) is 28.3 Å². The van der Waals surface area contributed by atoms with E-state index in [-0.39, 0.29) is 5.78 Å². The van der Waals surface area contributed by atoms with Crippen LogP contribution in [-0.2, 0) is 0 Å². The number of fused-ring (bicyclic) bond motifs is 1. The number of halogens is 1. The maximum absolute atomic E-state index is 11.5. The van der Waals surface area contributed by atoms with Gasteiger partial charge in [0.25, 0.3) is 0 Å². The first kappa shape index (κ1) is 8.57. The number of ether oxygens (including phenoxy) is 1. The van der Waals surface area contributed by atoms with Crippen molar-refractivity contribution in [3.8, 4) is 5.75 Å². The molecule has 1 aromatic carbocycles. The van der Waals surface area contributed by atoms with E-state index >= 15 is 0 Å². The van der Waals surface area contributed by atoms with Gasteiger partial charge >= 0.3 is 0 Å². The highest BCUT2D eigenvalue weighted by atomic mass is 35.5. The third kappa shape index (κ3) is 1.42. The first-order valence-electron chi connectivity index (χ1n) is 4.14. The SMILES string of the molecule is Cc1cc(Cl)c2c(c1)C(=O)CCO2. The molecule has 0 saturated heterocycles. The molecule has 1 aromatic rings. The number of benzene rings is 1. The van der Waals surface area contributed by atoms with Crippen LogP contribution in [0.3, 0.4) is 0 Å². The minimum atomic E-state index is 0.117. The standard InChI is InChI=1S/C10H9ClO2/c1-6-4-7-9(12)2-3-13-10(7)8(11)5-6/h4-5H,2-3H2,1H3. The molecule has 0 bridgehead atoms. The second-order valence-corrected chi connectivity index (χ2v) is 3.55. The molecular weight excluding hydrogens is 188 g/mol. The molecule has 0 N–H and O–H groups in total. The van der Waals surface area contributed by atoms with Crippen LogP contribution in [0, 0.1) is 6.92 Å². The van der Waals surface area contributed by atoms with Crippen LogP contribution in [0.1, 0.15) is 22.3 Å². The molecule has 3 heteroatoms. The van der Waals surface area contributed by atoms with Gasteiger partial charge in [-0.05, 0) is 24.6 Å². The van der Waals surface area contributed by atoms with E-state index in [1.54, 1.807) is 6.07 Å². The van der Waals surface area contributed by atoms with Crippen LogP contribution < -0.4 is 4.74 Å². The average molecular weight is 197 g/mol. The Balaban J connectivity index is 2.63. The van der Waals surface area contributed by atoms with Crippen molar-refractivity contribution in [2.24, 2.45) is 0 Å². The van der Waals surface area contributed by atoms with E-state index in [1.807, 2.05) is 13.0 Å². The smallest absolute Gasteiger partial charge is 0.170 e. The van der Waals surface area contributed by atoms with Crippen molar-refractivity contribution in [2.75, 3.05) is 6.61 Å². The number of rotatable bonds is 0. The Kier molecular flexibility index (Phi) is 2.00. The van der Waals surface area contributed by atoms with Gasteiger partial charge in [0.05, 0.1) is 17.2 Å². The molecule has 0 spiro atoms. The molecule has 0 unspecified atom stereocenters. The van der Waals surface area contributed by atoms with E-state index in [1.165, 1.54) is 0 Å². The van der Waals surface area contributed by atoms with Crippen LogP contribution >= 0.6 is 11.6 Å². The quantitative estimate of drug-likeness (QED) is 0.638. The van der Waals surface area contributed by atoms with Crippen molar-refractivity contribution >= 4 is 17.4 Å². The lowest BCUT2D eigenvalue weighted by Gasteiger charge is -2.17. The Morgan fingerprint density at radius 1 is 1.46 bits per heavy atom. The molecule has 0 amide bonds. The zero-order valence-electron chi connectivity index (χ0n) is 7.26. The van der Waals surface area contributed by atoms with E-state index in [0.29, 0.717) is 29.4 Å². The minimum absolute atomic E-state index is 0.117. The number of carbonyl (C=O) groups excluding carboxylic acids is 1. The molecule has 13 heavy (non-hydrogen) atoms. The zero-order valence-corrected chi connectivity index (χ0v) is 8.02. The molecule has 1 aliphatic heterocycles. The summed E-state index contributed by atoms with van der Waals surface area (Å²) in [6.45, 7) is 2.35. The Bertz CT molecular complexity index is 371. The summed E-state index contributed by atoms with van der Waals surface area (Å²) >= 11 is 5.94. The van der Waals surface area contributed by atoms with Crippen molar-refractivity contribution in [1.82, 2.24) is 0 Å². The molecule has 0 radical (unpaired) electrons. The first-order valence-corrected chi connectivity index (χ1v) is 4.52. The summed E-state index contributed by atoms with van der Waals surface area (Å²) in [4.78, 5) is 11.5. The maximum atomic E-state index is 11.5. The van der Waals surface area contributed by atoms with E-state index in [9.17, 15) is 4.79 Å².